The number of aromatic nitrogens is 4. The summed E-state index contributed by atoms with van der Waals surface area (Å²) in [5.74, 6) is 0.718. The van der Waals surface area contributed by atoms with Crippen LogP contribution < -0.4 is 5.32 Å². The number of hydrogen-bond donors (Lipinski definition) is 1. The van der Waals surface area contributed by atoms with Gasteiger partial charge in [-0.25, -0.2) is 0 Å². The Kier molecular flexibility index (Phi) is 3.51. The Bertz CT molecular complexity index is 1270. The van der Waals surface area contributed by atoms with Crippen LogP contribution in [-0.4, -0.2) is 25.7 Å². The zero-order valence-electron chi connectivity index (χ0n) is 14.2. The maximum Gasteiger partial charge on any atom is 0.291 e. The van der Waals surface area contributed by atoms with Gasteiger partial charge in [-0.15, -0.1) is 10.2 Å². The van der Waals surface area contributed by atoms with Crippen LogP contribution in [0.5, 0.6) is 0 Å². The Balaban J connectivity index is 1.43. The number of nitrogens with zero attached hydrogens (tertiary/aromatic N) is 4. The van der Waals surface area contributed by atoms with Crippen molar-refractivity contribution in [1.29, 1.82) is 0 Å². The molecular weight excluding hydrogens is 362 g/mol. The minimum Gasteiger partial charge on any atom is -0.451 e. The van der Waals surface area contributed by atoms with Gasteiger partial charge in [0.05, 0.1) is 0 Å². The molecule has 0 spiro atoms. The molecule has 8 heteroatoms. The Morgan fingerprint density at radius 1 is 1.11 bits per heavy atom. The lowest BCUT2D eigenvalue weighted by Crippen LogP contribution is -2.10. The SMILES string of the molecule is Cc1nnc2sc(-c3cccc(NC(=O)c4cc5ccccc5o4)c3)nn12. The average molecular weight is 375 g/mol. The summed E-state index contributed by atoms with van der Waals surface area (Å²) in [5, 5.41) is 17.2. The number of furan rings is 1. The topological polar surface area (TPSA) is 85.3 Å². The molecule has 7 nitrogen and oxygen atoms in total. The van der Waals surface area contributed by atoms with Gasteiger partial charge in [-0.3, -0.25) is 4.79 Å². The predicted molar refractivity (Wildman–Crippen MR) is 103 cm³/mol. The van der Waals surface area contributed by atoms with Crippen LogP contribution in [-0.2, 0) is 0 Å². The van der Waals surface area contributed by atoms with Crippen LogP contribution >= 0.6 is 11.3 Å². The number of fused-ring (bicyclic) bond motifs is 2. The number of nitrogens with one attached hydrogen (secondary N) is 1. The van der Waals surface area contributed by atoms with Crippen LogP contribution in [0.3, 0.4) is 0 Å². The molecule has 0 fully saturated rings. The molecule has 0 aliphatic rings. The Morgan fingerprint density at radius 3 is 2.85 bits per heavy atom. The smallest absolute Gasteiger partial charge is 0.291 e. The molecule has 0 saturated heterocycles. The number of rotatable bonds is 3. The van der Waals surface area contributed by atoms with Crippen LogP contribution in [0.15, 0.2) is 59.0 Å². The van der Waals surface area contributed by atoms with E-state index in [9.17, 15) is 4.79 Å². The van der Waals surface area contributed by atoms with E-state index in [0.29, 0.717) is 11.3 Å². The third-order valence-corrected chi connectivity index (χ3v) is 5.11. The van der Waals surface area contributed by atoms with E-state index in [2.05, 4.69) is 20.6 Å². The van der Waals surface area contributed by atoms with Crippen molar-refractivity contribution < 1.29 is 9.21 Å². The summed E-state index contributed by atoms with van der Waals surface area (Å²) in [5.41, 5.74) is 2.25. The molecule has 1 amide bonds. The van der Waals surface area contributed by atoms with E-state index in [1.807, 2.05) is 55.5 Å². The summed E-state index contributed by atoms with van der Waals surface area (Å²) >= 11 is 1.45. The minimum atomic E-state index is -0.294. The van der Waals surface area contributed by atoms with Crippen LogP contribution in [0.2, 0.25) is 0 Å². The Hall–Kier alpha value is -3.52. The summed E-state index contributed by atoms with van der Waals surface area (Å²) in [6, 6.07) is 16.8. The van der Waals surface area contributed by atoms with Crippen molar-refractivity contribution in [3.8, 4) is 10.6 Å². The first-order valence-electron chi connectivity index (χ1n) is 8.26. The molecule has 3 aromatic heterocycles. The second-order valence-corrected chi connectivity index (χ2v) is 6.99. The van der Waals surface area contributed by atoms with Crippen molar-refractivity contribution in [3.05, 3.63) is 66.2 Å². The number of carbonyl (C=O) groups is 1. The van der Waals surface area contributed by atoms with Gasteiger partial charge in [-0.2, -0.15) is 9.61 Å². The normalized spacial score (nSPS) is 11.3. The molecule has 0 radical (unpaired) electrons. The highest BCUT2D eigenvalue weighted by molar-refractivity contribution is 7.19. The third-order valence-electron chi connectivity index (χ3n) is 4.16. The number of hydrogen-bond acceptors (Lipinski definition) is 6. The highest BCUT2D eigenvalue weighted by Crippen LogP contribution is 2.28. The first-order chi connectivity index (χ1) is 13.2. The maximum atomic E-state index is 12.5. The van der Waals surface area contributed by atoms with Gasteiger partial charge < -0.3 is 9.73 Å². The fourth-order valence-electron chi connectivity index (χ4n) is 2.85. The van der Waals surface area contributed by atoms with Gasteiger partial charge in [0, 0.05) is 16.6 Å². The highest BCUT2D eigenvalue weighted by Gasteiger charge is 2.14. The molecule has 5 aromatic rings. The van der Waals surface area contributed by atoms with Gasteiger partial charge in [0.15, 0.2) is 11.6 Å². The molecule has 0 saturated carbocycles. The number of carbonyl (C=O) groups excluding carboxylic acids is 1. The van der Waals surface area contributed by atoms with Gasteiger partial charge in [-0.1, -0.05) is 41.7 Å². The zero-order chi connectivity index (χ0) is 18.4. The van der Waals surface area contributed by atoms with E-state index in [1.165, 1.54) is 11.3 Å². The molecule has 27 heavy (non-hydrogen) atoms. The molecule has 132 valence electrons. The third kappa shape index (κ3) is 2.76. The molecule has 0 atom stereocenters. The number of para-hydroxylation sites is 1. The standard InChI is InChI=1S/C19H13N5O2S/c1-11-21-22-19-24(11)23-18(27-19)13-6-4-7-14(9-13)20-17(25)16-10-12-5-2-3-8-15(12)26-16/h2-10H,1H3,(H,20,25). The van der Waals surface area contributed by atoms with Crippen LogP contribution in [0.1, 0.15) is 16.4 Å². The fraction of sp³-hybridized carbons (Fsp3) is 0.0526. The Morgan fingerprint density at radius 2 is 2.00 bits per heavy atom. The quantitative estimate of drug-likeness (QED) is 0.512. The van der Waals surface area contributed by atoms with Crippen LogP contribution in [0, 0.1) is 6.92 Å². The van der Waals surface area contributed by atoms with Crippen molar-refractivity contribution >= 4 is 38.9 Å². The van der Waals surface area contributed by atoms with Crippen molar-refractivity contribution in [2.45, 2.75) is 6.92 Å². The minimum absolute atomic E-state index is 0.274. The first kappa shape index (κ1) is 15.7. The zero-order valence-corrected chi connectivity index (χ0v) is 15.0. The Labute approximate surface area is 157 Å². The molecule has 3 heterocycles. The summed E-state index contributed by atoms with van der Waals surface area (Å²) in [6.45, 7) is 1.85. The number of anilines is 1. The molecule has 0 aliphatic heterocycles. The second-order valence-electron chi connectivity index (χ2n) is 6.03. The largest absolute Gasteiger partial charge is 0.451 e. The summed E-state index contributed by atoms with van der Waals surface area (Å²) in [6.07, 6.45) is 0. The van der Waals surface area contributed by atoms with E-state index in [4.69, 9.17) is 4.42 Å². The van der Waals surface area contributed by atoms with Crippen molar-refractivity contribution in [2.24, 2.45) is 0 Å². The van der Waals surface area contributed by atoms with Gasteiger partial charge in [-0.05, 0) is 31.2 Å². The molecule has 0 bridgehead atoms. The van der Waals surface area contributed by atoms with Gasteiger partial charge in [0.1, 0.15) is 10.6 Å². The van der Waals surface area contributed by atoms with Gasteiger partial charge in [0.25, 0.3) is 5.91 Å². The molecule has 2 aromatic carbocycles. The first-order valence-corrected chi connectivity index (χ1v) is 9.08. The summed E-state index contributed by atoms with van der Waals surface area (Å²) < 4.78 is 7.33. The number of aryl methyl sites for hydroxylation is 1. The van der Waals surface area contributed by atoms with E-state index in [-0.39, 0.29) is 11.7 Å². The average Bonchev–Trinajstić information content (AvgIpc) is 3.37. The lowest BCUT2D eigenvalue weighted by Gasteiger charge is -2.04. The number of benzene rings is 2. The lowest BCUT2D eigenvalue weighted by atomic mass is 10.2. The van der Waals surface area contributed by atoms with E-state index < -0.39 is 0 Å². The monoisotopic (exact) mass is 375 g/mol. The summed E-state index contributed by atoms with van der Waals surface area (Å²) in [7, 11) is 0. The number of amides is 1. The molecule has 0 aliphatic carbocycles. The highest BCUT2D eigenvalue weighted by atomic mass is 32.1. The molecular formula is C19H13N5O2S. The fourth-order valence-corrected chi connectivity index (χ4v) is 3.73. The maximum absolute atomic E-state index is 12.5. The van der Waals surface area contributed by atoms with Crippen LogP contribution in [0.25, 0.3) is 26.5 Å². The molecule has 0 unspecified atom stereocenters. The van der Waals surface area contributed by atoms with Crippen molar-refractivity contribution in [1.82, 2.24) is 19.8 Å². The summed E-state index contributed by atoms with van der Waals surface area (Å²) in [4.78, 5) is 13.3. The molecule has 5 rings (SSSR count). The lowest BCUT2D eigenvalue weighted by molar-refractivity contribution is 0.0998. The second kappa shape index (κ2) is 6.03. The van der Waals surface area contributed by atoms with E-state index in [1.54, 1.807) is 10.6 Å². The van der Waals surface area contributed by atoms with Gasteiger partial charge in [0.2, 0.25) is 4.96 Å². The van der Waals surface area contributed by atoms with Gasteiger partial charge >= 0.3 is 0 Å². The van der Waals surface area contributed by atoms with Crippen molar-refractivity contribution in [2.75, 3.05) is 5.32 Å². The van der Waals surface area contributed by atoms with Crippen molar-refractivity contribution in [3.63, 3.8) is 0 Å². The van der Waals surface area contributed by atoms with Crippen LogP contribution in [0.4, 0.5) is 5.69 Å². The van der Waals surface area contributed by atoms with E-state index >= 15 is 0 Å². The molecule has 1 N–H and O–H groups in total. The predicted octanol–water partition coefficient (Wildman–Crippen LogP) is 4.16. The van der Waals surface area contributed by atoms with E-state index in [0.717, 1.165) is 26.7 Å².